The molecule has 2 amide bonds. The van der Waals surface area contributed by atoms with Gasteiger partial charge in [0.15, 0.2) is 5.76 Å². The zero-order valence-corrected chi connectivity index (χ0v) is 24.4. The van der Waals surface area contributed by atoms with Gasteiger partial charge in [-0.3, -0.25) is 14.5 Å². The number of hydrogen-bond donors (Lipinski definition) is 2. The topological polar surface area (TPSA) is 98.4 Å². The van der Waals surface area contributed by atoms with Crippen LogP contribution < -0.4 is 10.6 Å². The monoisotopic (exact) mass is 570 g/mol. The molecule has 0 aliphatic carbocycles. The second kappa shape index (κ2) is 12.1. The minimum absolute atomic E-state index is 0.0632. The van der Waals surface area contributed by atoms with Crippen molar-refractivity contribution in [2.24, 2.45) is 0 Å². The number of nitrogens with zero attached hydrogens (tertiary/aromatic N) is 2. The number of fused-ring (bicyclic) bond motifs is 3. The second-order valence-corrected chi connectivity index (χ2v) is 11.4. The van der Waals surface area contributed by atoms with Gasteiger partial charge in [0.2, 0.25) is 5.91 Å². The van der Waals surface area contributed by atoms with E-state index in [-0.39, 0.29) is 17.9 Å². The van der Waals surface area contributed by atoms with E-state index in [1.165, 1.54) is 12.5 Å². The molecule has 0 saturated carbocycles. The van der Waals surface area contributed by atoms with E-state index in [2.05, 4.69) is 52.8 Å². The van der Waals surface area contributed by atoms with E-state index in [1.54, 1.807) is 0 Å². The van der Waals surface area contributed by atoms with Crippen LogP contribution in [0, 0.1) is 11.3 Å². The lowest BCUT2D eigenvalue weighted by Gasteiger charge is -2.36. The number of carbonyl (C=O) groups is 2. The third-order valence-corrected chi connectivity index (χ3v) is 8.46. The number of piperidine rings is 1. The number of nitrogens with one attached hydrogen (secondary N) is 2. The van der Waals surface area contributed by atoms with E-state index < -0.39 is 0 Å². The zero-order chi connectivity index (χ0) is 29.9. The average molecular weight is 571 g/mol. The SMILES string of the molecule is CC(=O)Nc1cccc(C2CCN(C(C)CNC(=O)c3cc4cc(-c5ccc(C#N)cc5)c5ccccc5c4o3)CC2)c1. The van der Waals surface area contributed by atoms with Crippen molar-refractivity contribution in [3.05, 3.63) is 102 Å². The smallest absolute Gasteiger partial charge is 0.287 e. The van der Waals surface area contributed by atoms with Gasteiger partial charge in [-0.25, -0.2) is 0 Å². The van der Waals surface area contributed by atoms with Crippen LogP contribution in [0.1, 0.15) is 54.3 Å². The Kier molecular flexibility index (Phi) is 7.95. The molecule has 6 rings (SSSR count). The summed E-state index contributed by atoms with van der Waals surface area (Å²) in [5.41, 5.74) is 5.43. The first-order valence-electron chi connectivity index (χ1n) is 14.7. The molecular weight excluding hydrogens is 536 g/mol. The van der Waals surface area contributed by atoms with E-state index in [1.807, 2.05) is 60.7 Å². The van der Waals surface area contributed by atoms with Crippen LogP contribution in [0.15, 0.2) is 89.3 Å². The van der Waals surface area contributed by atoms with Crippen LogP contribution in [-0.2, 0) is 4.79 Å². The number of hydrogen-bond acceptors (Lipinski definition) is 5. The largest absolute Gasteiger partial charge is 0.450 e. The Morgan fingerprint density at radius 1 is 0.977 bits per heavy atom. The molecule has 1 atom stereocenters. The molecule has 4 aromatic carbocycles. The highest BCUT2D eigenvalue weighted by Crippen LogP contribution is 2.36. The molecule has 1 saturated heterocycles. The van der Waals surface area contributed by atoms with E-state index in [4.69, 9.17) is 4.42 Å². The summed E-state index contributed by atoms with van der Waals surface area (Å²) in [5.74, 6) is 0.455. The van der Waals surface area contributed by atoms with Crippen LogP contribution in [0.2, 0.25) is 0 Å². The molecule has 0 spiro atoms. The Balaban J connectivity index is 1.12. The molecule has 1 unspecified atom stereocenters. The van der Waals surface area contributed by atoms with Gasteiger partial charge in [-0.2, -0.15) is 5.26 Å². The van der Waals surface area contributed by atoms with Gasteiger partial charge < -0.3 is 15.1 Å². The van der Waals surface area contributed by atoms with Crippen LogP contribution in [0.3, 0.4) is 0 Å². The number of likely N-dealkylation sites (tertiary alicyclic amines) is 1. The van der Waals surface area contributed by atoms with E-state index >= 15 is 0 Å². The lowest BCUT2D eigenvalue weighted by atomic mass is 9.88. The summed E-state index contributed by atoms with van der Waals surface area (Å²) in [7, 11) is 0. The molecule has 1 aliphatic heterocycles. The standard InChI is InChI=1S/C36H34N4O3/c1-23(40-16-14-26(15-17-40)28-6-5-7-30(18-28)39-24(2)41)22-38-36(42)34-20-29-19-33(27-12-10-25(21-37)11-13-27)31-8-3-4-9-32(31)35(29)43-34/h3-13,18-20,23,26H,14-17,22H2,1-2H3,(H,38,42)(H,39,41). The molecule has 0 bridgehead atoms. The molecule has 0 radical (unpaired) electrons. The normalized spacial score (nSPS) is 14.8. The van der Waals surface area contributed by atoms with Gasteiger partial charge in [0.05, 0.1) is 11.6 Å². The van der Waals surface area contributed by atoms with Gasteiger partial charge in [-0.05, 0) is 97.2 Å². The predicted molar refractivity (Wildman–Crippen MR) is 170 cm³/mol. The van der Waals surface area contributed by atoms with Crippen LogP contribution in [0.4, 0.5) is 5.69 Å². The molecule has 7 heteroatoms. The average Bonchev–Trinajstić information content (AvgIpc) is 3.48. The summed E-state index contributed by atoms with van der Waals surface area (Å²) in [6.07, 6.45) is 2.06. The van der Waals surface area contributed by atoms with Gasteiger partial charge >= 0.3 is 0 Å². The Morgan fingerprint density at radius 2 is 1.72 bits per heavy atom. The Labute approximate surface area is 251 Å². The summed E-state index contributed by atoms with van der Waals surface area (Å²) in [6.45, 7) is 6.09. The Hall–Kier alpha value is -4.93. The zero-order valence-electron chi connectivity index (χ0n) is 24.4. The van der Waals surface area contributed by atoms with Crippen molar-refractivity contribution < 1.29 is 14.0 Å². The third-order valence-electron chi connectivity index (χ3n) is 8.46. The minimum Gasteiger partial charge on any atom is -0.450 e. The Bertz CT molecular complexity index is 1840. The number of amides is 2. The highest BCUT2D eigenvalue weighted by molar-refractivity contribution is 6.13. The molecule has 43 heavy (non-hydrogen) atoms. The van der Waals surface area contributed by atoms with Crippen molar-refractivity contribution >= 4 is 39.2 Å². The van der Waals surface area contributed by atoms with Crippen LogP contribution in [-0.4, -0.2) is 42.4 Å². The summed E-state index contributed by atoms with van der Waals surface area (Å²) < 4.78 is 6.15. The first-order chi connectivity index (χ1) is 20.9. The molecular formula is C36H34N4O3. The summed E-state index contributed by atoms with van der Waals surface area (Å²) in [4.78, 5) is 27.1. The van der Waals surface area contributed by atoms with Crippen molar-refractivity contribution in [3.8, 4) is 17.2 Å². The number of furan rings is 1. The molecule has 2 heterocycles. The number of rotatable bonds is 7. The highest BCUT2D eigenvalue weighted by Gasteiger charge is 2.25. The second-order valence-electron chi connectivity index (χ2n) is 11.4. The third kappa shape index (κ3) is 6.01. The Morgan fingerprint density at radius 3 is 2.44 bits per heavy atom. The van der Waals surface area contributed by atoms with Crippen LogP contribution >= 0.6 is 0 Å². The first-order valence-corrected chi connectivity index (χ1v) is 14.7. The molecule has 1 fully saturated rings. The predicted octanol–water partition coefficient (Wildman–Crippen LogP) is 7.08. The van der Waals surface area contributed by atoms with Crippen LogP contribution in [0.5, 0.6) is 0 Å². The fourth-order valence-electron chi connectivity index (χ4n) is 6.15. The number of anilines is 1. The fourth-order valence-corrected chi connectivity index (χ4v) is 6.15. The number of benzene rings is 4. The maximum Gasteiger partial charge on any atom is 0.287 e. The van der Waals surface area contributed by atoms with E-state index in [9.17, 15) is 14.9 Å². The first kappa shape index (κ1) is 28.2. The van der Waals surface area contributed by atoms with E-state index in [0.717, 1.165) is 58.9 Å². The lowest BCUT2D eigenvalue weighted by molar-refractivity contribution is -0.114. The van der Waals surface area contributed by atoms with Crippen molar-refractivity contribution in [2.45, 2.75) is 38.6 Å². The van der Waals surface area contributed by atoms with Crippen molar-refractivity contribution in [2.75, 3.05) is 25.0 Å². The van der Waals surface area contributed by atoms with Gasteiger partial charge in [-0.15, -0.1) is 0 Å². The maximum absolute atomic E-state index is 13.2. The van der Waals surface area contributed by atoms with Gasteiger partial charge in [0, 0.05) is 36.0 Å². The molecule has 1 aromatic heterocycles. The lowest BCUT2D eigenvalue weighted by Crippen LogP contribution is -2.45. The van der Waals surface area contributed by atoms with Crippen LogP contribution in [0.25, 0.3) is 32.9 Å². The number of nitriles is 1. The van der Waals surface area contributed by atoms with Gasteiger partial charge in [-0.1, -0.05) is 48.5 Å². The quantitative estimate of drug-likeness (QED) is 0.218. The van der Waals surface area contributed by atoms with Gasteiger partial charge in [0.25, 0.3) is 5.91 Å². The van der Waals surface area contributed by atoms with Gasteiger partial charge in [0.1, 0.15) is 5.58 Å². The molecule has 2 N–H and O–H groups in total. The summed E-state index contributed by atoms with van der Waals surface area (Å²) in [6, 6.07) is 29.9. The molecule has 7 nitrogen and oxygen atoms in total. The minimum atomic E-state index is -0.225. The summed E-state index contributed by atoms with van der Waals surface area (Å²) >= 11 is 0. The molecule has 5 aromatic rings. The maximum atomic E-state index is 13.2. The molecule has 1 aliphatic rings. The summed E-state index contributed by atoms with van der Waals surface area (Å²) in [5, 5.41) is 18.0. The highest BCUT2D eigenvalue weighted by atomic mass is 16.3. The van der Waals surface area contributed by atoms with Crippen molar-refractivity contribution in [1.29, 1.82) is 5.26 Å². The number of carbonyl (C=O) groups excluding carboxylic acids is 2. The van der Waals surface area contributed by atoms with Crippen molar-refractivity contribution in [1.82, 2.24) is 10.2 Å². The van der Waals surface area contributed by atoms with Crippen molar-refractivity contribution in [3.63, 3.8) is 0 Å². The molecule has 216 valence electrons. The van der Waals surface area contributed by atoms with E-state index in [0.29, 0.717) is 29.4 Å². The fraction of sp³-hybridized carbons (Fsp3) is 0.250.